The molecule has 2 N–H and O–H groups in total. The Morgan fingerprint density at radius 3 is 2.60 bits per heavy atom. The van der Waals surface area contributed by atoms with E-state index in [1.807, 2.05) is 0 Å². The highest BCUT2D eigenvalue weighted by Gasteiger charge is 2.41. The van der Waals surface area contributed by atoms with Crippen LogP contribution in [0.5, 0.6) is 0 Å². The number of nitrogens with two attached hydrogens (primary N) is 1. The average molecular weight is 273 g/mol. The van der Waals surface area contributed by atoms with Gasteiger partial charge in [-0.3, -0.25) is 0 Å². The molecule has 0 radical (unpaired) electrons. The molecular weight excluding hydrogens is 246 g/mol. The van der Waals surface area contributed by atoms with Crippen LogP contribution in [-0.4, -0.2) is 12.2 Å². The van der Waals surface area contributed by atoms with Crippen LogP contribution in [0.4, 0.5) is 0 Å². The molecule has 0 bridgehead atoms. The van der Waals surface area contributed by atoms with Crippen molar-refractivity contribution in [1.82, 2.24) is 0 Å². The number of aryl methyl sites for hydroxylation is 1. The van der Waals surface area contributed by atoms with Gasteiger partial charge in [-0.1, -0.05) is 44.0 Å². The molecule has 1 saturated carbocycles. The van der Waals surface area contributed by atoms with Gasteiger partial charge in [-0.2, -0.15) is 0 Å². The molecule has 2 fully saturated rings. The molecule has 2 nitrogen and oxygen atoms in total. The lowest BCUT2D eigenvalue weighted by molar-refractivity contribution is -0.0963. The fourth-order valence-corrected chi connectivity index (χ4v) is 3.99. The fraction of sp³-hybridized carbons (Fsp3) is 0.667. The minimum absolute atomic E-state index is 0.169. The highest BCUT2D eigenvalue weighted by molar-refractivity contribution is 5.25. The van der Waals surface area contributed by atoms with Crippen LogP contribution < -0.4 is 5.73 Å². The van der Waals surface area contributed by atoms with Gasteiger partial charge in [0, 0.05) is 12.6 Å². The van der Waals surface area contributed by atoms with Crippen LogP contribution in [0.15, 0.2) is 24.3 Å². The van der Waals surface area contributed by atoms with Crippen LogP contribution in [0.25, 0.3) is 0 Å². The van der Waals surface area contributed by atoms with E-state index in [2.05, 4.69) is 31.2 Å². The molecule has 1 heterocycles. The first-order valence-corrected chi connectivity index (χ1v) is 8.21. The van der Waals surface area contributed by atoms with Crippen LogP contribution >= 0.6 is 0 Å². The van der Waals surface area contributed by atoms with Crippen LogP contribution in [0, 0.1) is 5.92 Å². The monoisotopic (exact) mass is 273 g/mol. The maximum atomic E-state index is 6.56. The van der Waals surface area contributed by atoms with Crippen molar-refractivity contribution >= 4 is 0 Å². The molecule has 0 aromatic heterocycles. The van der Waals surface area contributed by atoms with Gasteiger partial charge in [-0.25, -0.2) is 0 Å². The number of hydrogen-bond acceptors (Lipinski definition) is 2. The predicted molar refractivity (Wildman–Crippen MR) is 82.6 cm³/mol. The molecule has 1 spiro atoms. The third kappa shape index (κ3) is 2.77. The van der Waals surface area contributed by atoms with Gasteiger partial charge in [0.25, 0.3) is 0 Å². The van der Waals surface area contributed by atoms with Crippen LogP contribution in [0.2, 0.25) is 0 Å². The van der Waals surface area contributed by atoms with Crippen molar-refractivity contribution in [3.8, 4) is 0 Å². The summed E-state index contributed by atoms with van der Waals surface area (Å²) >= 11 is 0. The second-order valence-corrected chi connectivity index (χ2v) is 6.61. The molecule has 20 heavy (non-hydrogen) atoms. The van der Waals surface area contributed by atoms with E-state index in [-0.39, 0.29) is 11.6 Å². The highest BCUT2D eigenvalue weighted by Crippen LogP contribution is 2.44. The largest absolute Gasteiger partial charge is 0.375 e. The Bertz CT molecular complexity index is 433. The zero-order valence-electron chi connectivity index (χ0n) is 12.6. The topological polar surface area (TPSA) is 35.2 Å². The van der Waals surface area contributed by atoms with E-state index in [4.69, 9.17) is 10.5 Å². The number of hydrogen-bond donors (Lipinski definition) is 1. The minimum Gasteiger partial charge on any atom is -0.375 e. The Morgan fingerprint density at radius 1 is 1.25 bits per heavy atom. The van der Waals surface area contributed by atoms with Gasteiger partial charge in [0.05, 0.1) is 5.60 Å². The predicted octanol–water partition coefficient (Wildman–Crippen LogP) is 3.99. The Balaban J connectivity index is 1.70. The molecule has 2 aliphatic rings. The van der Waals surface area contributed by atoms with E-state index < -0.39 is 0 Å². The maximum Gasteiger partial charge on any atom is 0.0685 e. The lowest BCUT2D eigenvalue weighted by Crippen LogP contribution is -2.40. The van der Waals surface area contributed by atoms with Gasteiger partial charge in [0.1, 0.15) is 0 Å². The van der Waals surface area contributed by atoms with Gasteiger partial charge in [0.2, 0.25) is 0 Å². The normalized spacial score (nSPS) is 26.8. The van der Waals surface area contributed by atoms with Crippen molar-refractivity contribution in [3.63, 3.8) is 0 Å². The third-order valence-electron chi connectivity index (χ3n) is 5.33. The Hall–Kier alpha value is -0.860. The molecule has 3 rings (SSSR count). The second kappa shape index (κ2) is 5.87. The van der Waals surface area contributed by atoms with Crippen molar-refractivity contribution in [1.29, 1.82) is 0 Å². The summed E-state index contributed by atoms with van der Waals surface area (Å²) in [5, 5.41) is 0. The fourth-order valence-electron chi connectivity index (χ4n) is 3.99. The van der Waals surface area contributed by atoms with Gasteiger partial charge >= 0.3 is 0 Å². The molecule has 1 aromatic carbocycles. The van der Waals surface area contributed by atoms with Crippen LogP contribution in [0.3, 0.4) is 0 Å². The Labute approximate surface area is 122 Å². The molecule has 1 saturated heterocycles. The Morgan fingerprint density at radius 2 is 1.95 bits per heavy atom. The van der Waals surface area contributed by atoms with Gasteiger partial charge < -0.3 is 10.5 Å². The van der Waals surface area contributed by atoms with E-state index in [9.17, 15) is 0 Å². The zero-order chi connectivity index (χ0) is 14.0. The molecule has 2 unspecified atom stereocenters. The zero-order valence-corrected chi connectivity index (χ0v) is 12.6. The highest BCUT2D eigenvalue weighted by atomic mass is 16.5. The van der Waals surface area contributed by atoms with E-state index in [1.54, 1.807) is 0 Å². The molecular formula is C18H27NO. The molecule has 1 aliphatic carbocycles. The van der Waals surface area contributed by atoms with Crippen molar-refractivity contribution in [2.75, 3.05) is 6.61 Å². The number of rotatable bonds is 3. The van der Waals surface area contributed by atoms with Crippen molar-refractivity contribution in [3.05, 3.63) is 35.4 Å². The van der Waals surface area contributed by atoms with Gasteiger partial charge in [-0.15, -0.1) is 0 Å². The van der Waals surface area contributed by atoms with Crippen molar-refractivity contribution in [2.45, 2.75) is 63.5 Å². The lowest BCUT2D eigenvalue weighted by atomic mass is 9.79. The molecule has 1 aromatic rings. The van der Waals surface area contributed by atoms with E-state index in [0.29, 0.717) is 5.92 Å². The Kier molecular flexibility index (Phi) is 4.13. The summed E-state index contributed by atoms with van der Waals surface area (Å²) in [5.41, 5.74) is 9.41. The van der Waals surface area contributed by atoms with Crippen molar-refractivity contribution < 1.29 is 4.74 Å². The van der Waals surface area contributed by atoms with Crippen molar-refractivity contribution in [2.24, 2.45) is 11.7 Å². The van der Waals surface area contributed by atoms with E-state index in [1.165, 1.54) is 36.8 Å². The smallest absolute Gasteiger partial charge is 0.0685 e. The minimum atomic E-state index is 0.169. The molecule has 0 amide bonds. The number of ether oxygens (including phenoxy) is 1. The SMILES string of the molecule is CCc1ccc(C(N)C2CCOC3(CCCC3)C2)cc1. The first-order chi connectivity index (χ1) is 9.72. The van der Waals surface area contributed by atoms with Crippen LogP contribution in [-0.2, 0) is 11.2 Å². The second-order valence-electron chi connectivity index (χ2n) is 6.61. The summed E-state index contributed by atoms with van der Waals surface area (Å²) in [6.45, 7) is 3.09. The van der Waals surface area contributed by atoms with Gasteiger partial charge in [0.15, 0.2) is 0 Å². The van der Waals surface area contributed by atoms with E-state index >= 15 is 0 Å². The summed E-state index contributed by atoms with van der Waals surface area (Å²) < 4.78 is 6.12. The maximum absolute atomic E-state index is 6.56. The molecule has 1 aliphatic heterocycles. The van der Waals surface area contributed by atoms with Crippen LogP contribution in [0.1, 0.15) is 62.6 Å². The summed E-state index contributed by atoms with van der Waals surface area (Å²) in [6, 6.07) is 9.06. The standard InChI is InChI=1S/C18H27NO/c1-2-14-5-7-15(8-6-14)17(19)16-9-12-20-18(13-16)10-3-4-11-18/h5-8,16-17H,2-4,9-13,19H2,1H3. The summed E-state index contributed by atoms with van der Waals surface area (Å²) in [5.74, 6) is 0.578. The first-order valence-electron chi connectivity index (χ1n) is 8.21. The molecule has 2 heteroatoms. The van der Waals surface area contributed by atoms with E-state index in [0.717, 1.165) is 25.9 Å². The lowest BCUT2D eigenvalue weighted by Gasteiger charge is -2.40. The molecule has 110 valence electrons. The third-order valence-corrected chi connectivity index (χ3v) is 5.33. The summed E-state index contributed by atoms with van der Waals surface area (Å²) in [4.78, 5) is 0. The summed E-state index contributed by atoms with van der Waals surface area (Å²) in [7, 11) is 0. The quantitative estimate of drug-likeness (QED) is 0.903. The number of benzene rings is 1. The molecule has 2 atom stereocenters. The average Bonchev–Trinajstić information content (AvgIpc) is 2.94. The summed E-state index contributed by atoms with van der Waals surface area (Å²) in [6.07, 6.45) is 8.49. The first kappa shape index (κ1) is 14.1. The van der Waals surface area contributed by atoms with Gasteiger partial charge in [-0.05, 0) is 49.1 Å².